The number of aromatic amines is 2. The van der Waals surface area contributed by atoms with Gasteiger partial charge in [0.05, 0.1) is 5.56 Å². The van der Waals surface area contributed by atoms with Crippen LogP contribution in [0.3, 0.4) is 0 Å². The van der Waals surface area contributed by atoms with Gasteiger partial charge in [-0.05, 0) is 0 Å². The van der Waals surface area contributed by atoms with E-state index in [1.165, 1.54) is 0 Å². The lowest BCUT2D eigenvalue weighted by Crippen LogP contribution is -2.27. The van der Waals surface area contributed by atoms with Crippen molar-refractivity contribution in [1.82, 2.24) is 9.97 Å². The third-order valence-electron chi connectivity index (χ3n) is 1.30. The van der Waals surface area contributed by atoms with Crippen LogP contribution in [0.2, 0.25) is 0 Å². The quantitative estimate of drug-likeness (QED) is 0.488. The van der Waals surface area contributed by atoms with E-state index in [1.807, 2.05) is 4.98 Å². The molecule has 0 aromatic carbocycles. The molecule has 0 fully saturated rings. The molecule has 7 heteroatoms. The van der Waals surface area contributed by atoms with Gasteiger partial charge in [-0.2, -0.15) is 4.91 Å². The Hall–Kier alpha value is -1.92. The van der Waals surface area contributed by atoms with E-state index in [1.54, 1.807) is 0 Å². The number of nitrogen functional groups attached to an aromatic ring is 1. The van der Waals surface area contributed by atoms with Crippen LogP contribution in [0.15, 0.2) is 14.8 Å². The second kappa shape index (κ2) is 2.99. The molecule has 12 heavy (non-hydrogen) atoms. The van der Waals surface area contributed by atoms with Gasteiger partial charge in [-0.25, -0.2) is 4.79 Å². The Morgan fingerprint density at radius 1 is 1.33 bits per heavy atom. The summed E-state index contributed by atoms with van der Waals surface area (Å²) in [7, 11) is 0. The molecule has 1 heterocycles. The molecule has 0 bridgehead atoms. The lowest BCUT2D eigenvalue weighted by molar-refractivity contribution is 0.946. The van der Waals surface area contributed by atoms with Crippen LogP contribution in [0.4, 0.5) is 5.82 Å². The van der Waals surface area contributed by atoms with E-state index in [0.29, 0.717) is 0 Å². The van der Waals surface area contributed by atoms with Gasteiger partial charge < -0.3 is 5.73 Å². The first-order chi connectivity index (χ1) is 5.65. The average Bonchev–Trinajstić information content (AvgIpc) is 1.96. The molecule has 0 amide bonds. The van der Waals surface area contributed by atoms with E-state index >= 15 is 0 Å². The Kier molecular flexibility index (Phi) is 2.04. The van der Waals surface area contributed by atoms with Gasteiger partial charge in [0.15, 0.2) is 0 Å². The Labute approximate surface area is 65.6 Å². The van der Waals surface area contributed by atoms with Crippen LogP contribution >= 0.6 is 0 Å². The van der Waals surface area contributed by atoms with Crippen molar-refractivity contribution in [3.8, 4) is 0 Å². The summed E-state index contributed by atoms with van der Waals surface area (Å²) in [5, 5.41) is 2.49. The molecule has 64 valence electrons. The number of nitrogens with one attached hydrogen (secondary N) is 2. The maximum atomic E-state index is 10.9. The largest absolute Gasteiger partial charge is 0.385 e. The Balaban J connectivity index is 3.38. The molecule has 0 aliphatic carbocycles. The van der Waals surface area contributed by atoms with Crippen LogP contribution in [0.1, 0.15) is 5.56 Å². The van der Waals surface area contributed by atoms with Crippen LogP contribution in [0.5, 0.6) is 0 Å². The van der Waals surface area contributed by atoms with E-state index in [4.69, 9.17) is 5.73 Å². The number of nitrogens with zero attached hydrogens (tertiary/aromatic N) is 1. The molecule has 0 radical (unpaired) electrons. The summed E-state index contributed by atoms with van der Waals surface area (Å²) in [4.78, 5) is 35.3. The lowest BCUT2D eigenvalue weighted by Gasteiger charge is -1.96. The first kappa shape index (κ1) is 8.18. The van der Waals surface area contributed by atoms with E-state index in [0.717, 1.165) is 0 Å². The fraction of sp³-hybridized carbons (Fsp3) is 0.200. The van der Waals surface area contributed by atoms with Gasteiger partial charge in [-0.3, -0.25) is 14.8 Å². The van der Waals surface area contributed by atoms with Crippen molar-refractivity contribution in [1.29, 1.82) is 0 Å². The zero-order valence-corrected chi connectivity index (χ0v) is 5.96. The zero-order chi connectivity index (χ0) is 9.14. The molecule has 0 aliphatic heterocycles. The summed E-state index contributed by atoms with van der Waals surface area (Å²) < 4.78 is 0. The number of nitrogens with two attached hydrogens (primary N) is 1. The minimum atomic E-state index is -0.702. The van der Waals surface area contributed by atoms with Gasteiger partial charge in [0.2, 0.25) is 0 Å². The highest BCUT2D eigenvalue weighted by Crippen LogP contribution is 1.98. The van der Waals surface area contributed by atoms with E-state index in [2.05, 4.69) is 10.2 Å². The van der Waals surface area contributed by atoms with Crippen LogP contribution in [-0.2, 0) is 6.54 Å². The molecular formula is C5H6N4O3. The number of aromatic nitrogens is 2. The highest BCUT2D eigenvalue weighted by Gasteiger charge is 2.05. The molecule has 7 nitrogen and oxygen atoms in total. The molecule has 1 aromatic heterocycles. The highest BCUT2D eigenvalue weighted by molar-refractivity contribution is 5.36. The maximum absolute atomic E-state index is 10.9. The van der Waals surface area contributed by atoms with Gasteiger partial charge >= 0.3 is 5.69 Å². The van der Waals surface area contributed by atoms with Crippen molar-refractivity contribution in [2.24, 2.45) is 5.18 Å². The van der Waals surface area contributed by atoms with Crippen molar-refractivity contribution in [3.63, 3.8) is 0 Å². The minimum absolute atomic E-state index is 0.0235. The number of H-pyrrole nitrogens is 2. The molecule has 0 atom stereocenters. The Bertz CT molecular complexity index is 404. The summed E-state index contributed by atoms with van der Waals surface area (Å²) in [6.07, 6.45) is 0. The number of hydrogen-bond acceptors (Lipinski definition) is 5. The second-order valence-corrected chi connectivity index (χ2v) is 2.09. The normalized spacial score (nSPS) is 9.67. The number of rotatable bonds is 2. The van der Waals surface area contributed by atoms with Crippen molar-refractivity contribution >= 4 is 5.82 Å². The third-order valence-corrected chi connectivity index (χ3v) is 1.30. The maximum Gasteiger partial charge on any atom is 0.327 e. The molecule has 1 aromatic rings. The molecule has 0 aliphatic rings. The fourth-order valence-electron chi connectivity index (χ4n) is 0.751. The fourth-order valence-corrected chi connectivity index (χ4v) is 0.751. The average molecular weight is 170 g/mol. The summed E-state index contributed by atoms with van der Waals surface area (Å²) >= 11 is 0. The summed E-state index contributed by atoms with van der Waals surface area (Å²) in [5.74, 6) is -0.122. The lowest BCUT2D eigenvalue weighted by atomic mass is 10.3. The van der Waals surface area contributed by atoms with Crippen molar-refractivity contribution in [2.45, 2.75) is 6.54 Å². The Morgan fingerprint density at radius 2 is 2.00 bits per heavy atom. The van der Waals surface area contributed by atoms with Gasteiger partial charge in [0.25, 0.3) is 5.56 Å². The monoisotopic (exact) mass is 170 g/mol. The standard InChI is InChI=1S/C5H6N4O3/c6-3-2(1-7-12)4(10)9-5(11)8-3/h1H2,(H4,6,8,9,10,11). The highest BCUT2D eigenvalue weighted by atomic mass is 16.3. The SMILES string of the molecule is Nc1[nH]c(=O)[nH]c(=O)c1CN=O. The van der Waals surface area contributed by atoms with Gasteiger partial charge in [0, 0.05) is 0 Å². The van der Waals surface area contributed by atoms with Crippen molar-refractivity contribution in [3.05, 3.63) is 31.3 Å². The third kappa shape index (κ3) is 1.39. The summed E-state index contributed by atoms with van der Waals surface area (Å²) in [6, 6.07) is 0. The number of anilines is 1. The predicted octanol–water partition coefficient (Wildman–Crippen LogP) is -1.09. The minimum Gasteiger partial charge on any atom is -0.385 e. The first-order valence-corrected chi connectivity index (χ1v) is 3.05. The van der Waals surface area contributed by atoms with Crippen LogP contribution in [-0.4, -0.2) is 9.97 Å². The van der Waals surface area contributed by atoms with Gasteiger partial charge in [-0.1, -0.05) is 5.18 Å². The zero-order valence-electron chi connectivity index (χ0n) is 5.96. The predicted molar refractivity (Wildman–Crippen MR) is 41.6 cm³/mol. The van der Waals surface area contributed by atoms with E-state index in [9.17, 15) is 14.5 Å². The van der Waals surface area contributed by atoms with Crippen molar-refractivity contribution in [2.75, 3.05) is 5.73 Å². The second-order valence-electron chi connectivity index (χ2n) is 2.09. The van der Waals surface area contributed by atoms with Crippen LogP contribution in [0, 0.1) is 4.91 Å². The first-order valence-electron chi connectivity index (χ1n) is 3.05. The molecule has 4 N–H and O–H groups in total. The molecule has 0 saturated carbocycles. The van der Waals surface area contributed by atoms with Crippen molar-refractivity contribution < 1.29 is 0 Å². The van der Waals surface area contributed by atoms with Gasteiger partial charge in [-0.15, -0.1) is 0 Å². The number of hydrogen-bond donors (Lipinski definition) is 3. The molecular weight excluding hydrogens is 164 g/mol. The number of nitroso groups, excluding NO2 is 1. The van der Waals surface area contributed by atoms with E-state index in [-0.39, 0.29) is 17.9 Å². The summed E-state index contributed by atoms with van der Waals surface area (Å²) in [6.45, 7) is -0.349. The van der Waals surface area contributed by atoms with Crippen LogP contribution < -0.4 is 17.0 Å². The summed E-state index contributed by atoms with van der Waals surface area (Å²) in [5.41, 5.74) is 3.82. The topological polar surface area (TPSA) is 121 Å². The van der Waals surface area contributed by atoms with Crippen LogP contribution in [0.25, 0.3) is 0 Å². The smallest absolute Gasteiger partial charge is 0.327 e. The van der Waals surface area contributed by atoms with E-state index < -0.39 is 11.2 Å². The van der Waals surface area contributed by atoms with Gasteiger partial charge in [0.1, 0.15) is 12.4 Å². The molecule has 0 saturated heterocycles. The molecule has 0 unspecified atom stereocenters. The molecule has 0 spiro atoms. The molecule has 1 rings (SSSR count). The Morgan fingerprint density at radius 3 is 2.50 bits per heavy atom.